The van der Waals surface area contributed by atoms with Crippen molar-refractivity contribution in [2.24, 2.45) is 0 Å². The molecule has 1 aromatic carbocycles. The van der Waals surface area contributed by atoms with Crippen molar-refractivity contribution in [3.05, 3.63) is 35.4 Å². The molecule has 0 bridgehead atoms. The molecule has 0 saturated heterocycles. The molecular weight excluding hydrogens is 224 g/mol. The van der Waals surface area contributed by atoms with E-state index in [-0.39, 0.29) is 5.75 Å². The van der Waals surface area contributed by atoms with Gasteiger partial charge in [0.2, 0.25) is 0 Å². The largest absolute Gasteiger partial charge is 0.479 e. The van der Waals surface area contributed by atoms with Crippen molar-refractivity contribution in [2.45, 2.75) is 25.2 Å². The van der Waals surface area contributed by atoms with Crippen LogP contribution in [0.4, 0.5) is 0 Å². The van der Waals surface area contributed by atoms with E-state index in [1.807, 2.05) is 31.2 Å². The smallest absolute Gasteiger partial charge is 0.336 e. The van der Waals surface area contributed by atoms with Gasteiger partial charge in [-0.15, -0.1) is 0 Å². The average molecular weight is 240 g/mol. The summed E-state index contributed by atoms with van der Waals surface area (Å²) >= 11 is 1.42. The van der Waals surface area contributed by atoms with Gasteiger partial charge < -0.3 is 10.2 Å². The number of carboxylic acids is 1. The summed E-state index contributed by atoms with van der Waals surface area (Å²) in [5.41, 5.74) is 0.714. The molecule has 0 fully saturated rings. The third kappa shape index (κ3) is 3.54. The Labute approximate surface area is 99.5 Å². The van der Waals surface area contributed by atoms with Crippen LogP contribution < -0.4 is 0 Å². The standard InChI is InChI=1S/C12H16O3S/c1-9-5-3-4-6-10(9)7-16-8-12(2,15)11(13)14/h3-6,15H,7-8H2,1-2H3,(H,13,14). The predicted octanol–water partition coefficient (Wildman–Crippen LogP) is 2.06. The van der Waals surface area contributed by atoms with Crippen molar-refractivity contribution in [1.29, 1.82) is 0 Å². The van der Waals surface area contributed by atoms with Gasteiger partial charge in [0, 0.05) is 11.5 Å². The molecule has 1 rings (SSSR count). The predicted molar refractivity (Wildman–Crippen MR) is 65.6 cm³/mol. The monoisotopic (exact) mass is 240 g/mol. The highest BCUT2D eigenvalue weighted by atomic mass is 32.2. The number of hydrogen-bond acceptors (Lipinski definition) is 3. The summed E-state index contributed by atoms with van der Waals surface area (Å²) in [6, 6.07) is 7.96. The first-order valence-electron chi connectivity index (χ1n) is 5.01. The molecule has 16 heavy (non-hydrogen) atoms. The van der Waals surface area contributed by atoms with Gasteiger partial charge in [0.05, 0.1) is 0 Å². The number of rotatable bonds is 5. The molecule has 3 nitrogen and oxygen atoms in total. The molecule has 0 saturated carbocycles. The normalized spacial score (nSPS) is 14.4. The minimum absolute atomic E-state index is 0.191. The van der Waals surface area contributed by atoms with Gasteiger partial charge >= 0.3 is 5.97 Å². The summed E-state index contributed by atoms with van der Waals surface area (Å²) in [5, 5.41) is 18.2. The van der Waals surface area contributed by atoms with Crippen molar-refractivity contribution in [2.75, 3.05) is 5.75 Å². The molecule has 4 heteroatoms. The number of aryl methyl sites for hydroxylation is 1. The Kier molecular flexibility index (Phi) is 4.38. The molecule has 0 heterocycles. The molecule has 0 aliphatic carbocycles. The van der Waals surface area contributed by atoms with Crippen molar-refractivity contribution >= 4 is 17.7 Å². The molecule has 1 aromatic rings. The van der Waals surface area contributed by atoms with Gasteiger partial charge in [0.25, 0.3) is 0 Å². The van der Waals surface area contributed by atoms with E-state index in [9.17, 15) is 9.90 Å². The van der Waals surface area contributed by atoms with Crippen LogP contribution in [0.1, 0.15) is 18.1 Å². The highest BCUT2D eigenvalue weighted by molar-refractivity contribution is 7.98. The molecule has 1 atom stereocenters. The van der Waals surface area contributed by atoms with Gasteiger partial charge in [-0.05, 0) is 25.0 Å². The number of hydrogen-bond donors (Lipinski definition) is 2. The molecule has 0 amide bonds. The van der Waals surface area contributed by atoms with Gasteiger partial charge in [-0.25, -0.2) is 4.79 Å². The van der Waals surface area contributed by atoms with Crippen LogP contribution in [-0.4, -0.2) is 27.5 Å². The second kappa shape index (κ2) is 5.37. The highest BCUT2D eigenvalue weighted by Gasteiger charge is 2.29. The lowest BCUT2D eigenvalue weighted by Crippen LogP contribution is -2.37. The molecule has 2 N–H and O–H groups in total. The van der Waals surface area contributed by atoms with Crippen LogP contribution in [0.3, 0.4) is 0 Å². The second-order valence-corrected chi connectivity index (χ2v) is 4.98. The Bertz CT molecular complexity index is 374. The molecular formula is C12H16O3S. The minimum Gasteiger partial charge on any atom is -0.479 e. The zero-order valence-corrected chi connectivity index (χ0v) is 10.3. The van der Waals surface area contributed by atoms with E-state index in [1.54, 1.807) is 0 Å². The molecule has 0 radical (unpaired) electrons. The van der Waals surface area contributed by atoms with Crippen LogP contribution in [-0.2, 0) is 10.5 Å². The summed E-state index contributed by atoms with van der Waals surface area (Å²) in [4.78, 5) is 10.7. The van der Waals surface area contributed by atoms with E-state index in [4.69, 9.17) is 5.11 Å². The number of carboxylic acid groups (broad SMARTS) is 1. The first-order chi connectivity index (χ1) is 7.43. The zero-order chi connectivity index (χ0) is 12.2. The lowest BCUT2D eigenvalue weighted by atomic mass is 10.1. The van der Waals surface area contributed by atoms with E-state index >= 15 is 0 Å². The molecule has 1 unspecified atom stereocenters. The van der Waals surface area contributed by atoms with Crippen LogP contribution in [0.15, 0.2) is 24.3 Å². The van der Waals surface area contributed by atoms with Crippen LogP contribution in [0.5, 0.6) is 0 Å². The number of carbonyl (C=O) groups is 1. The van der Waals surface area contributed by atoms with Gasteiger partial charge in [0.15, 0.2) is 5.60 Å². The van der Waals surface area contributed by atoms with E-state index in [0.717, 1.165) is 5.75 Å². The van der Waals surface area contributed by atoms with Crippen molar-refractivity contribution in [1.82, 2.24) is 0 Å². The van der Waals surface area contributed by atoms with Crippen molar-refractivity contribution < 1.29 is 15.0 Å². The van der Waals surface area contributed by atoms with Crippen LogP contribution in [0, 0.1) is 6.92 Å². The van der Waals surface area contributed by atoms with Crippen LogP contribution in [0.2, 0.25) is 0 Å². The number of thioether (sulfide) groups is 1. The fourth-order valence-electron chi connectivity index (χ4n) is 1.19. The quantitative estimate of drug-likeness (QED) is 0.827. The lowest BCUT2D eigenvalue weighted by molar-refractivity contribution is -0.154. The molecule has 0 aliphatic heterocycles. The van der Waals surface area contributed by atoms with Crippen molar-refractivity contribution in [3.8, 4) is 0 Å². The third-order valence-electron chi connectivity index (χ3n) is 2.36. The van der Waals surface area contributed by atoms with Crippen LogP contribution >= 0.6 is 11.8 Å². The third-order valence-corrected chi connectivity index (χ3v) is 3.64. The van der Waals surface area contributed by atoms with Crippen molar-refractivity contribution in [3.63, 3.8) is 0 Å². The highest BCUT2D eigenvalue weighted by Crippen LogP contribution is 2.20. The average Bonchev–Trinajstić information content (AvgIpc) is 2.20. The summed E-state index contributed by atoms with van der Waals surface area (Å²) in [5.74, 6) is -0.267. The maximum absolute atomic E-state index is 10.7. The molecule has 0 spiro atoms. The number of aliphatic carboxylic acids is 1. The summed E-state index contributed by atoms with van der Waals surface area (Å²) < 4.78 is 0. The van der Waals surface area contributed by atoms with Gasteiger partial charge in [-0.3, -0.25) is 0 Å². The van der Waals surface area contributed by atoms with E-state index in [1.165, 1.54) is 29.8 Å². The maximum Gasteiger partial charge on any atom is 0.336 e. The van der Waals surface area contributed by atoms with E-state index < -0.39 is 11.6 Å². The minimum atomic E-state index is -1.65. The maximum atomic E-state index is 10.7. The Morgan fingerprint density at radius 1 is 1.44 bits per heavy atom. The molecule has 88 valence electrons. The first kappa shape index (κ1) is 13.1. The Hall–Kier alpha value is -1.00. The van der Waals surface area contributed by atoms with Gasteiger partial charge in [0.1, 0.15) is 0 Å². The summed E-state index contributed by atoms with van der Waals surface area (Å²) in [6.45, 7) is 3.34. The number of aliphatic hydroxyl groups is 1. The molecule has 0 aliphatic rings. The Morgan fingerprint density at radius 2 is 2.06 bits per heavy atom. The second-order valence-electron chi connectivity index (χ2n) is 4.00. The summed E-state index contributed by atoms with van der Waals surface area (Å²) in [6.07, 6.45) is 0. The first-order valence-corrected chi connectivity index (χ1v) is 6.17. The van der Waals surface area contributed by atoms with E-state index in [2.05, 4.69) is 0 Å². The van der Waals surface area contributed by atoms with Gasteiger partial charge in [-0.2, -0.15) is 11.8 Å². The SMILES string of the molecule is Cc1ccccc1CSCC(C)(O)C(=O)O. The van der Waals surface area contributed by atoms with E-state index in [0.29, 0.717) is 0 Å². The topological polar surface area (TPSA) is 57.5 Å². The summed E-state index contributed by atoms with van der Waals surface area (Å²) in [7, 11) is 0. The Morgan fingerprint density at radius 3 is 2.62 bits per heavy atom. The van der Waals surface area contributed by atoms with Gasteiger partial charge in [-0.1, -0.05) is 24.3 Å². The zero-order valence-electron chi connectivity index (χ0n) is 9.43. The fourth-order valence-corrected chi connectivity index (χ4v) is 2.36. The molecule has 0 aromatic heterocycles. The van der Waals surface area contributed by atoms with Crippen LogP contribution in [0.25, 0.3) is 0 Å². The Balaban J connectivity index is 2.48. The fraction of sp³-hybridized carbons (Fsp3) is 0.417. The number of benzene rings is 1. The lowest BCUT2D eigenvalue weighted by Gasteiger charge is -2.17.